The molecule has 0 aliphatic heterocycles. The third-order valence-electron chi connectivity index (χ3n) is 2.54. The van der Waals surface area contributed by atoms with Gasteiger partial charge in [-0.1, -0.05) is 51.4 Å². The van der Waals surface area contributed by atoms with Crippen LogP contribution in [0.15, 0.2) is 40.0 Å². The molecule has 0 saturated heterocycles. The summed E-state index contributed by atoms with van der Waals surface area (Å²) in [7, 11) is 1.99. The molecule has 2 rings (SSSR count). The van der Waals surface area contributed by atoms with Crippen LogP contribution in [0.3, 0.4) is 0 Å². The number of hydrogen-bond acceptors (Lipinski definition) is 4. The smallest absolute Gasteiger partial charge is 0.190 e. The lowest BCUT2D eigenvalue weighted by molar-refractivity contribution is 0.856. The zero-order chi connectivity index (χ0) is 13.8. The number of hydrogen-bond donors (Lipinski definition) is 0. The normalized spacial score (nSPS) is 10.5. The highest BCUT2D eigenvalue weighted by Gasteiger charge is 2.08. The van der Waals surface area contributed by atoms with Gasteiger partial charge >= 0.3 is 0 Å². The second kappa shape index (κ2) is 6.59. The number of thioether (sulfide) groups is 1. The minimum atomic E-state index is 0.468. The van der Waals surface area contributed by atoms with Gasteiger partial charge in [-0.25, -0.2) is 9.97 Å². The Labute approximate surface area is 130 Å². The van der Waals surface area contributed by atoms with E-state index >= 15 is 0 Å². The van der Waals surface area contributed by atoms with Gasteiger partial charge in [0.25, 0.3) is 0 Å². The molecular formula is C13H13BrClN3S. The van der Waals surface area contributed by atoms with Crippen LogP contribution in [0.2, 0.25) is 5.15 Å². The van der Waals surface area contributed by atoms with E-state index in [1.807, 2.05) is 25.4 Å². The van der Waals surface area contributed by atoms with Crippen LogP contribution in [0, 0.1) is 0 Å². The first-order valence-electron chi connectivity index (χ1n) is 5.62. The summed E-state index contributed by atoms with van der Waals surface area (Å²) >= 11 is 11.0. The first-order valence-corrected chi connectivity index (χ1v) is 8.02. The molecule has 1 aromatic heterocycles. The molecular weight excluding hydrogens is 346 g/mol. The zero-order valence-electron chi connectivity index (χ0n) is 10.6. The third-order valence-corrected chi connectivity index (χ3v) is 3.78. The van der Waals surface area contributed by atoms with Crippen molar-refractivity contribution in [2.24, 2.45) is 0 Å². The Kier molecular flexibility index (Phi) is 5.07. The fourth-order valence-electron chi connectivity index (χ4n) is 1.66. The molecule has 2 aromatic rings. The maximum absolute atomic E-state index is 6.00. The summed E-state index contributed by atoms with van der Waals surface area (Å²) in [6, 6.07) is 9.98. The molecule has 0 radical (unpaired) electrons. The van der Waals surface area contributed by atoms with Crippen LogP contribution in [0.4, 0.5) is 5.82 Å². The van der Waals surface area contributed by atoms with Gasteiger partial charge in [0.2, 0.25) is 0 Å². The number of halogens is 2. The van der Waals surface area contributed by atoms with Crippen LogP contribution < -0.4 is 4.90 Å². The summed E-state index contributed by atoms with van der Waals surface area (Å²) in [4.78, 5) is 10.6. The van der Waals surface area contributed by atoms with Crippen LogP contribution in [0.5, 0.6) is 0 Å². The summed E-state index contributed by atoms with van der Waals surface area (Å²) in [6.07, 6.45) is 1.93. The molecule has 0 aliphatic carbocycles. The van der Waals surface area contributed by atoms with E-state index < -0.39 is 0 Å². The molecule has 0 N–H and O–H groups in total. The van der Waals surface area contributed by atoms with E-state index in [1.165, 1.54) is 17.3 Å². The zero-order valence-corrected chi connectivity index (χ0v) is 13.8. The molecule has 0 spiro atoms. The Hall–Kier alpha value is -0.780. The summed E-state index contributed by atoms with van der Waals surface area (Å²) in [5.41, 5.74) is 1.21. The van der Waals surface area contributed by atoms with Gasteiger partial charge in [-0.2, -0.15) is 0 Å². The van der Waals surface area contributed by atoms with Crippen molar-refractivity contribution < 1.29 is 0 Å². The number of benzene rings is 1. The van der Waals surface area contributed by atoms with Crippen molar-refractivity contribution in [3.8, 4) is 0 Å². The summed E-state index contributed by atoms with van der Waals surface area (Å²) in [5, 5.41) is 1.15. The fourth-order valence-corrected chi connectivity index (χ4v) is 2.71. The monoisotopic (exact) mass is 357 g/mol. The van der Waals surface area contributed by atoms with Crippen molar-refractivity contribution in [3.63, 3.8) is 0 Å². The van der Waals surface area contributed by atoms with Crippen molar-refractivity contribution in [3.05, 3.63) is 45.5 Å². The lowest BCUT2D eigenvalue weighted by atomic mass is 10.2. The predicted molar refractivity (Wildman–Crippen MR) is 85.1 cm³/mol. The largest absolute Gasteiger partial charge is 0.355 e. The van der Waals surface area contributed by atoms with Crippen LogP contribution in [-0.4, -0.2) is 23.3 Å². The highest BCUT2D eigenvalue weighted by Crippen LogP contribution is 2.21. The second-order valence-corrected chi connectivity index (χ2v) is 6.10. The molecule has 0 atom stereocenters. The Balaban J connectivity index is 2.20. The third kappa shape index (κ3) is 4.09. The molecule has 100 valence electrons. The Morgan fingerprint density at radius 2 is 2.11 bits per heavy atom. The average molecular weight is 359 g/mol. The highest BCUT2D eigenvalue weighted by atomic mass is 79.9. The molecule has 1 aromatic carbocycles. The highest BCUT2D eigenvalue weighted by molar-refractivity contribution is 9.10. The lowest BCUT2D eigenvalue weighted by Gasteiger charge is -2.18. The van der Waals surface area contributed by atoms with Crippen LogP contribution in [0.25, 0.3) is 0 Å². The molecule has 6 heteroatoms. The molecule has 0 fully saturated rings. The first kappa shape index (κ1) is 14.6. The number of rotatable bonds is 4. The maximum atomic E-state index is 6.00. The minimum Gasteiger partial charge on any atom is -0.355 e. The summed E-state index contributed by atoms with van der Waals surface area (Å²) in [5.74, 6) is 0.823. The quantitative estimate of drug-likeness (QED) is 0.464. The van der Waals surface area contributed by atoms with Gasteiger partial charge in [-0.15, -0.1) is 0 Å². The van der Waals surface area contributed by atoms with E-state index in [0.29, 0.717) is 10.3 Å². The molecule has 0 amide bonds. The van der Waals surface area contributed by atoms with Gasteiger partial charge in [-0.3, -0.25) is 0 Å². The van der Waals surface area contributed by atoms with Gasteiger partial charge in [0.1, 0.15) is 11.0 Å². The average Bonchev–Trinajstić information content (AvgIpc) is 2.38. The standard InChI is InChI=1S/C13H13BrClN3S/c1-18(8-9-4-3-5-10(14)6-9)12-7-11(15)16-13(17-12)19-2/h3-7H,8H2,1-2H3. The number of aromatic nitrogens is 2. The lowest BCUT2D eigenvalue weighted by Crippen LogP contribution is -2.18. The molecule has 0 unspecified atom stereocenters. The predicted octanol–water partition coefficient (Wildman–Crippen LogP) is 4.25. The van der Waals surface area contributed by atoms with Crippen LogP contribution >= 0.6 is 39.3 Å². The van der Waals surface area contributed by atoms with Crippen molar-refractivity contribution in [2.45, 2.75) is 11.7 Å². The Morgan fingerprint density at radius 3 is 2.79 bits per heavy atom. The summed E-state index contributed by atoms with van der Waals surface area (Å²) in [6.45, 7) is 0.764. The van der Waals surface area contributed by atoms with E-state index in [0.717, 1.165) is 16.8 Å². The number of nitrogens with zero attached hydrogens (tertiary/aromatic N) is 3. The Bertz CT molecular complexity index is 580. The summed E-state index contributed by atoms with van der Waals surface area (Å²) < 4.78 is 1.07. The minimum absolute atomic E-state index is 0.468. The van der Waals surface area contributed by atoms with E-state index in [-0.39, 0.29) is 0 Å². The number of anilines is 1. The SMILES string of the molecule is CSc1nc(Cl)cc(N(C)Cc2cccc(Br)c2)n1. The fraction of sp³-hybridized carbons (Fsp3) is 0.231. The van der Waals surface area contributed by atoms with Gasteiger partial charge in [0.05, 0.1) is 0 Å². The molecule has 0 bridgehead atoms. The van der Waals surface area contributed by atoms with Gasteiger partial charge in [0.15, 0.2) is 5.16 Å². The first-order chi connectivity index (χ1) is 9.08. The van der Waals surface area contributed by atoms with Crippen LogP contribution in [0.1, 0.15) is 5.56 Å². The molecule has 1 heterocycles. The van der Waals surface area contributed by atoms with Crippen molar-refractivity contribution in [1.82, 2.24) is 9.97 Å². The van der Waals surface area contributed by atoms with Crippen molar-refractivity contribution >= 4 is 45.1 Å². The van der Waals surface area contributed by atoms with Gasteiger partial charge < -0.3 is 4.90 Å². The van der Waals surface area contributed by atoms with E-state index in [4.69, 9.17) is 11.6 Å². The Morgan fingerprint density at radius 1 is 1.32 bits per heavy atom. The van der Waals surface area contributed by atoms with E-state index in [2.05, 4.69) is 42.9 Å². The maximum Gasteiger partial charge on any atom is 0.190 e. The van der Waals surface area contributed by atoms with E-state index in [9.17, 15) is 0 Å². The van der Waals surface area contributed by atoms with Crippen LogP contribution in [-0.2, 0) is 6.54 Å². The van der Waals surface area contributed by atoms with Gasteiger partial charge in [-0.05, 0) is 24.0 Å². The molecule has 3 nitrogen and oxygen atoms in total. The molecule has 0 aliphatic rings. The molecule has 19 heavy (non-hydrogen) atoms. The molecule has 0 saturated carbocycles. The topological polar surface area (TPSA) is 29.0 Å². The van der Waals surface area contributed by atoms with Gasteiger partial charge in [0, 0.05) is 24.1 Å². The second-order valence-electron chi connectivity index (χ2n) is 4.02. The van der Waals surface area contributed by atoms with E-state index in [1.54, 1.807) is 6.07 Å². The van der Waals surface area contributed by atoms with Crippen molar-refractivity contribution in [2.75, 3.05) is 18.2 Å². The van der Waals surface area contributed by atoms with Crippen molar-refractivity contribution in [1.29, 1.82) is 0 Å².